The largest absolute Gasteiger partial charge is 0.335 e. The van der Waals surface area contributed by atoms with Crippen LogP contribution >= 0.6 is 0 Å². The molecule has 2 aliphatic carbocycles. The lowest BCUT2D eigenvalue weighted by Crippen LogP contribution is -2.64. The predicted octanol–water partition coefficient (Wildman–Crippen LogP) is 14.9. The van der Waals surface area contributed by atoms with Gasteiger partial charge < -0.3 is 14.4 Å². The Balaban J connectivity index is 1.18. The van der Waals surface area contributed by atoms with Crippen LogP contribution in [0, 0.1) is 0 Å². The van der Waals surface area contributed by atoms with Gasteiger partial charge in [-0.3, -0.25) is 0 Å². The molecule has 0 radical (unpaired) electrons. The first-order valence-electron chi connectivity index (χ1n) is 27.1. The van der Waals surface area contributed by atoms with Gasteiger partial charge in [-0.05, 0) is 153 Å². The molecule has 6 aliphatic rings. The second kappa shape index (κ2) is 13.7. The highest BCUT2D eigenvalue weighted by molar-refractivity contribution is 7.00. The topological polar surface area (TPSA) is 11.4 Å². The molecule has 4 unspecified atom stereocenters. The fourth-order valence-electron chi connectivity index (χ4n) is 16.0. The van der Waals surface area contributed by atoms with Crippen molar-refractivity contribution in [1.82, 2.24) is 4.57 Å². The lowest BCUT2D eigenvalue weighted by Gasteiger charge is -2.54. The standard InChI is InChI=1S/C67H70BN3/c1-61(2,3)43-28-29-54-47(34-43)48-35-44(62(4,5)6)37-52-59(48)69(54)56-39-46(70-55-27-19-18-26-50(55)64(10)33-30-41-22-16-17-25-49(41)66(64,70)12)40-57-58(56)68(52)53-38-45(63(7,8)9)36-51-60(53)71(57)65(11)31-20-21-32-67(51,65)42-23-14-13-15-24-42/h13-19,22-29,34-40H,20-21,30-33H2,1-12H3. The van der Waals surface area contributed by atoms with E-state index in [4.69, 9.17) is 0 Å². The maximum absolute atomic E-state index is 2.98. The summed E-state index contributed by atoms with van der Waals surface area (Å²) in [5.74, 6) is 0. The average Bonchev–Trinajstić information content (AvgIpc) is 3.88. The van der Waals surface area contributed by atoms with Gasteiger partial charge in [-0.15, -0.1) is 0 Å². The summed E-state index contributed by atoms with van der Waals surface area (Å²) >= 11 is 0. The lowest BCUT2D eigenvalue weighted by atomic mass is 9.33. The molecule has 4 atom stereocenters. The van der Waals surface area contributed by atoms with E-state index in [1.807, 2.05) is 0 Å². The first-order chi connectivity index (χ1) is 33.7. The Morgan fingerprint density at radius 1 is 0.507 bits per heavy atom. The Bertz CT molecular complexity index is 3630. The maximum atomic E-state index is 2.98. The number of hydrogen-bond donors (Lipinski definition) is 0. The third-order valence-corrected chi connectivity index (χ3v) is 19.9. The Morgan fingerprint density at radius 3 is 1.89 bits per heavy atom. The second-order valence-corrected chi connectivity index (χ2v) is 26.6. The SMILES string of the molecule is CC(C)(C)c1cc2c3c(c1)C1(c4ccccc4)CCCCC1(C)N3c1cc(N3c4ccccc4C4(C)CCc5ccccc5C34C)cc3c1B2c1cc(C(C)(C)C)cc2c4cc(C(C)(C)C)ccc4n-3c12. The summed E-state index contributed by atoms with van der Waals surface area (Å²) in [6.45, 7) is 29.5. The molecule has 4 heteroatoms. The van der Waals surface area contributed by atoms with Gasteiger partial charge in [-0.1, -0.05) is 179 Å². The monoisotopic (exact) mass is 928 g/mol. The van der Waals surface area contributed by atoms with Crippen LogP contribution in [0.3, 0.4) is 0 Å². The molecule has 0 spiro atoms. The Kier molecular flexibility index (Phi) is 8.47. The first kappa shape index (κ1) is 43.8. The van der Waals surface area contributed by atoms with Crippen LogP contribution in [0.5, 0.6) is 0 Å². The molecule has 356 valence electrons. The third kappa shape index (κ3) is 5.27. The minimum atomic E-state index is -0.331. The molecule has 0 amide bonds. The molecule has 1 fully saturated rings. The molecule has 8 aromatic rings. The Hall–Kier alpha value is -6.00. The van der Waals surface area contributed by atoms with Crippen LogP contribution < -0.4 is 26.2 Å². The van der Waals surface area contributed by atoms with E-state index in [2.05, 4.69) is 231 Å². The van der Waals surface area contributed by atoms with Crippen molar-refractivity contribution < 1.29 is 0 Å². The van der Waals surface area contributed by atoms with Gasteiger partial charge in [0.2, 0.25) is 0 Å². The van der Waals surface area contributed by atoms with E-state index >= 15 is 0 Å². The average molecular weight is 928 g/mol. The van der Waals surface area contributed by atoms with Crippen LogP contribution in [0.1, 0.15) is 160 Å². The van der Waals surface area contributed by atoms with Crippen LogP contribution in [0.25, 0.3) is 27.5 Å². The maximum Gasteiger partial charge on any atom is 0.252 e. The van der Waals surface area contributed by atoms with Gasteiger partial charge in [-0.2, -0.15) is 0 Å². The summed E-state index contributed by atoms with van der Waals surface area (Å²) in [6, 6.07) is 54.1. The van der Waals surface area contributed by atoms with Crippen LogP contribution in [0.15, 0.2) is 133 Å². The number of para-hydroxylation sites is 1. The lowest BCUT2D eigenvalue weighted by molar-refractivity contribution is 0.215. The van der Waals surface area contributed by atoms with Crippen molar-refractivity contribution in [3.8, 4) is 5.69 Å². The molecule has 1 saturated carbocycles. The molecular weight excluding hydrogens is 858 g/mol. The zero-order valence-corrected chi connectivity index (χ0v) is 44.4. The third-order valence-electron chi connectivity index (χ3n) is 19.9. The highest BCUT2D eigenvalue weighted by Gasteiger charge is 2.65. The molecule has 0 bridgehead atoms. The Morgan fingerprint density at radius 2 is 1.14 bits per heavy atom. The predicted molar refractivity (Wildman–Crippen MR) is 302 cm³/mol. The van der Waals surface area contributed by atoms with Crippen LogP contribution in [-0.2, 0) is 39.0 Å². The molecule has 0 saturated heterocycles. The minimum Gasteiger partial charge on any atom is -0.335 e. The molecule has 71 heavy (non-hydrogen) atoms. The molecule has 3 nitrogen and oxygen atoms in total. The van der Waals surface area contributed by atoms with E-state index in [9.17, 15) is 0 Å². The fraction of sp³-hybridized carbons (Fsp3) is 0.373. The summed E-state index contributed by atoms with van der Waals surface area (Å²) in [5, 5.41) is 2.74. The van der Waals surface area contributed by atoms with Crippen molar-refractivity contribution in [3.63, 3.8) is 0 Å². The number of benzene rings is 7. The van der Waals surface area contributed by atoms with E-state index in [0.29, 0.717) is 0 Å². The number of fused-ring (bicyclic) bond motifs is 15. The smallest absolute Gasteiger partial charge is 0.252 e. The van der Waals surface area contributed by atoms with E-state index in [0.717, 1.165) is 25.7 Å². The number of rotatable bonds is 2. The van der Waals surface area contributed by atoms with Gasteiger partial charge in [0.1, 0.15) is 0 Å². The van der Waals surface area contributed by atoms with Gasteiger partial charge >= 0.3 is 0 Å². The highest BCUT2D eigenvalue weighted by Crippen LogP contribution is 2.67. The van der Waals surface area contributed by atoms with E-state index in [1.165, 1.54) is 118 Å². The van der Waals surface area contributed by atoms with Gasteiger partial charge in [0.25, 0.3) is 6.71 Å². The van der Waals surface area contributed by atoms with Crippen LogP contribution in [0.4, 0.5) is 22.7 Å². The van der Waals surface area contributed by atoms with E-state index in [1.54, 1.807) is 5.56 Å². The minimum absolute atomic E-state index is 0.00930. The number of aryl methyl sites for hydroxylation is 1. The van der Waals surface area contributed by atoms with Crippen molar-refractivity contribution in [2.24, 2.45) is 0 Å². The van der Waals surface area contributed by atoms with Crippen LogP contribution in [-0.4, -0.2) is 16.8 Å². The van der Waals surface area contributed by atoms with E-state index < -0.39 is 0 Å². The summed E-state index contributed by atoms with van der Waals surface area (Å²) < 4.78 is 2.75. The summed E-state index contributed by atoms with van der Waals surface area (Å²) in [6.07, 6.45) is 6.88. The molecule has 0 N–H and O–H groups in total. The molecule has 4 aliphatic heterocycles. The van der Waals surface area contributed by atoms with Crippen molar-refractivity contribution in [2.75, 3.05) is 9.80 Å². The molecular formula is C67H70BN3. The highest BCUT2D eigenvalue weighted by atomic mass is 15.3. The number of anilines is 4. The molecule has 7 aromatic carbocycles. The Labute approximate surface area is 423 Å². The normalized spacial score (nSPS) is 24.7. The van der Waals surface area contributed by atoms with Gasteiger partial charge in [0, 0.05) is 55.6 Å². The van der Waals surface area contributed by atoms with Crippen molar-refractivity contribution in [2.45, 2.75) is 160 Å². The van der Waals surface area contributed by atoms with Gasteiger partial charge in [0.15, 0.2) is 0 Å². The van der Waals surface area contributed by atoms with Crippen molar-refractivity contribution >= 4 is 67.7 Å². The first-order valence-corrected chi connectivity index (χ1v) is 27.1. The van der Waals surface area contributed by atoms with Crippen molar-refractivity contribution in [1.29, 1.82) is 0 Å². The quantitative estimate of drug-likeness (QED) is 0.160. The van der Waals surface area contributed by atoms with Crippen molar-refractivity contribution in [3.05, 3.63) is 178 Å². The second-order valence-electron chi connectivity index (χ2n) is 26.6. The molecule has 1 aromatic heterocycles. The zero-order valence-electron chi connectivity index (χ0n) is 44.4. The number of aromatic nitrogens is 1. The fourth-order valence-corrected chi connectivity index (χ4v) is 16.0. The molecule has 5 heterocycles. The molecule has 14 rings (SSSR count). The summed E-state index contributed by atoms with van der Waals surface area (Å²) in [5.41, 5.74) is 24.6. The van der Waals surface area contributed by atoms with Crippen LogP contribution in [0.2, 0.25) is 0 Å². The summed E-state index contributed by atoms with van der Waals surface area (Å²) in [4.78, 5) is 5.81. The number of hydrogen-bond acceptors (Lipinski definition) is 2. The van der Waals surface area contributed by atoms with E-state index in [-0.39, 0.29) is 44.9 Å². The summed E-state index contributed by atoms with van der Waals surface area (Å²) in [7, 11) is 0. The van der Waals surface area contributed by atoms with Gasteiger partial charge in [0.05, 0.1) is 16.6 Å². The van der Waals surface area contributed by atoms with Gasteiger partial charge in [-0.25, -0.2) is 0 Å². The zero-order chi connectivity index (χ0) is 49.2. The number of nitrogens with zero attached hydrogens (tertiary/aromatic N) is 3.